The van der Waals surface area contributed by atoms with Crippen molar-refractivity contribution in [2.75, 3.05) is 28.8 Å². The molecule has 21 nitrogen and oxygen atoms in total. The minimum absolute atomic E-state index is 0.153. The van der Waals surface area contributed by atoms with Gasteiger partial charge in [-0.15, -0.1) is 20.5 Å². The number of hydrogen-bond donors (Lipinski definition) is 2. The lowest BCUT2D eigenvalue weighted by atomic mass is 10.2. The van der Waals surface area contributed by atoms with Crippen molar-refractivity contribution in [2.45, 2.75) is 118 Å². The van der Waals surface area contributed by atoms with Gasteiger partial charge in [-0.25, -0.2) is 46.9 Å². The highest BCUT2D eigenvalue weighted by Crippen LogP contribution is 2.19. The molecule has 0 radical (unpaired) electrons. The van der Waals surface area contributed by atoms with E-state index in [1.165, 1.54) is 49.1 Å². The van der Waals surface area contributed by atoms with E-state index in [4.69, 9.17) is 41.0 Å². The molecule has 0 aliphatic heterocycles. The number of nitrogens with one attached hydrogen (secondary N) is 1. The second kappa shape index (κ2) is 32.4. The van der Waals surface area contributed by atoms with Gasteiger partial charge in [0.15, 0.2) is 0 Å². The average Bonchev–Trinajstić information content (AvgIpc) is 3.40. The fourth-order valence-electron chi connectivity index (χ4n) is 4.98. The van der Waals surface area contributed by atoms with Crippen molar-refractivity contribution < 1.29 is 35.9 Å². The number of hydrogen-bond acceptors (Lipinski definition) is 20. The quantitative estimate of drug-likeness (QED) is 0.116. The zero-order chi connectivity index (χ0) is 57.8. The molecule has 4 unspecified atom stereocenters. The standard InChI is InChI=1S/C13H21N3O3S.C13H17N3O3S.C8H9N3OS.C8H8N2OS.C8H8N2S/c2*1-5-20(18,16-12(17)19-13(2,3)4)11-7-6-10(8-14)15-9-11;1-2-13(10,12)8-4-3-7(5-9)11-6-8;1-2-12(11)8-4-3-7(5-9)10-6-8;1-2-11-8-4-3-7(5-9)10-6-8/h6-7,9H,5,8,14H2,1-4H3;6-7,9H,5H2,1-4H3;3-4,6,10H,2H2,1H3;3-4,6H,2H2,1H3;3-4,6H,2H2,1H3. The first-order valence-corrected chi connectivity index (χ1v) is 30.4. The van der Waals surface area contributed by atoms with Gasteiger partial charge in [0.2, 0.25) is 0 Å². The number of ether oxygens (including phenoxy) is 2. The van der Waals surface area contributed by atoms with E-state index in [1.807, 2.05) is 37.3 Å². The fourth-order valence-corrected chi connectivity index (χ4v) is 9.86. The van der Waals surface area contributed by atoms with Gasteiger partial charge in [0.25, 0.3) is 0 Å². The van der Waals surface area contributed by atoms with Crippen molar-refractivity contribution in [3.63, 3.8) is 0 Å². The third-order valence-corrected chi connectivity index (χ3v) is 17.2. The molecule has 3 N–H and O–H groups in total. The van der Waals surface area contributed by atoms with Gasteiger partial charge < -0.3 is 15.2 Å². The lowest BCUT2D eigenvalue weighted by Gasteiger charge is -2.18. The topological polar surface area (TPSA) is 355 Å². The minimum atomic E-state index is -2.92. The number of aromatic nitrogens is 5. The van der Waals surface area contributed by atoms with Crippen LogP contribution in [0.3, 0.4) is 0 Å². The van der Waals surface area contributed by atoms with E-state index in [0.717, 1.165) is 10.6 Å². The first kappa shape index (κ1) is 67.0. The smallest absolute Gasteiger partial charge is 0.442 e. The number of nitrogens with zero attached hydrogens (tertiary/aromatic N) is 11. The van der Waals surface area contributed by atoms with Crippen LogP contribution in [0.4, 0.5) is 9.59 Å². The predicted octanol–water partition coefficient (Wildman–Crippen LogP) is 9.58. The summed E-state index contributed by atoms with van der Waals surface area (Å²) in [5.74, 6) is 2.23. The number of thioether (sulfide) groups is 1. The van der Waals surface area contributed by atoms with E-state index in [9.17, 15) is 26.4 Å². The van der Waals surface area contributed by atoms with Gasteiger partial charge in [0.05, 0.1) is 65.3 Å². The zero-order valence-electron chi connectivity index (χ0n) is 44.2. The molecule has 0 saturated carbocycles. The molecule has 406 valence electrons. The number of nitrogens with two attached hydrogens (primary N) is 1. The van der Waals surface area contributed by atoms with Gasteiger partial charge in [0, 0.05) is 65.4 Å². The van der Waals surface area contributed by atoms with Crippen LogP contribution in [0, 0.1) is 50.1 Å². The number of carbonyl (C=O) groups excluding carboxylic acids is 2. The van der Waals surface area contributed by atoms with E-state index < -0.39 is 63.4 Å². The average molecular weight is 1130 g/mol. The Kier molecular flexibility index (Phi) is 28.6. The molecular weight excluding hydrogens is 1070 g/mol. The normalized spacial score (nSPS) is 13.2. The lowest BCUT2D eigenvalue weighted by Crippen LogP contribution is -2.23. The molecule has 5 aromatic rings. The summed E-state index contributed by atoms with van der Waals surface area (Å²) in [5, 5.41) is 34.0. The molecule has 2 amide bonds. The maximum absolute atomic E-state index is 12.7. The number of amides is 2. The summed E-state index contributed by atoms with van der Waals surface area (Å²) in [6.45, 7) is 19.6. The summed E-state index contributed by atoms with van der Waals surface area (Å²) in [6, 6.07) is 23.7. The Hall–Kier alpha value is -7.04. The highest BCUT2D eigenvalue weighted by Gasteiger charge is 2.21. The molecule has 76 heavy (non-hydrogen) atoms. The van der Waals surface area contributed by atoms with E-state index in [0.29, 0.717) is 49.0 Å². The van der Waals surface area contributed by atoms with Crippen LogP contribution in [-0.4, -0.2) is 93.9 Å². The van der Waals surface area contributed by atoms with Crippen LogP contribution >= 0.6 is 11.8 Å². The van der Waals surface area contributed by atoms with Gasteiger partial charge in [-0.2, -0.15) is 21.0 Å². The molecule has 0 bridgehead atoms. The summed E-state index contributed by atoms with van der Waals surface area (Å²) in [5.41, 5.74) is 6.09. The molecule has 0 spiro atoms. The maximum atomic E-state index is 12.7. The second-order valence-electron chi connectivity index (χ2n) is 16.7. The van der Waals surface area contributed by atoms with Crippen molar-refractivity contribution in [1.82, 2.24) is 24.9 Å². The summed E-state index contributed by atoms with van der Waals surface area (Å²) < 4.78 is 73.1. The molecule has 5 heterocycles. The fraction of sp³-hybridized carbons (Fsp3) is 0.380. The molecule has 0 saturated heterocycles. The summed E-state index contributed by atoms with van der Waals surface area (Å²) in [7, 11) is -9.45. The van der Waals surface area contributed by atoms with E-state index in [2.05, 4.69) is 40.6 Å². The number of nitriles is 4. The molecule has 26 heteroatoms. The Labute approximate surface area is 453 Å². The van der Waals surface area contributed by atoms with Gasteiger partial charge in [0.1, 0.15) is 58.3 Å². The molecule has 5 rings (SSSR count). The van der Waals surface area contributed by atoms with E-state index in [-0.39, 0.29) is 28.6 Å². The van der Waals surface area contributed by atoms with Crippen molar-refractivity contribution in [3.05, 3.63) is 120 Å². The van der Waals surface area contributed by atoms with Crippen LogP contribution in [0.5, 0.6) is 0 Å². The van der Waals surface area contributed by atoms with Gasteiger partial charge >= 0.3 is 12.2 Å². The number of rotatable bonds is 11. The largest absolute Gasteiger partial charge is 0.442 e. The zero-order valence-corrected chi connectivity index (χ0v) is 48.3. The molecule has 0 aromatic carbocycles. The van der Waals surface area contributed by atoms with Crippen LogP contribution in [0.1, 0.15) is 105 Å². The summed E-state index contributed by atoms with van der Waals surface area (Å²) >= 11 is 1.72. The van der Waals surface area contributed by atoms with Crippen LogP contribution in [0.2, 0.25) is 0 Å². The number of carbonyl (C=O) groups is 2. The Morgan fingerprint density at radius 2 is 1.00 bits per heavy atom. The Balaban J connectivity index is 0.000000485. The summed E-state index contributed by atoms with van der Waals surface area (Å²) in [4.78, 5) is 45.7. The Bertz CT molecular complexity index is 3250. The van der Waals surface area contributed by atoms with Crippen LogP contribution in [0.25, 0.3) is 0 Å². The Morgan fingerprint density at radius 1 is 0.605 bits per heavy atom. The molecule has 5 aromatic heterocycles. The molecule has 0 aliphatic carbocycles. The first-order chi connectivity index (χ1) is 35.6. The first-order valence-electron chi connectivity index (χ1n) is 23.0. The molecule has 0 fully saturated rings. The van der Waals surface area contributed by atoms with Gasteiger partial charge in [-0.1, -0.05) is 34.6 Å². The van der Waals surface area contributed by atoms with Crippen LogP contribution < -0.4 is 5.73 Å². The second-order valence-corrected chi connectivity index (χ2v) is 27.2. The monoisotopic (exact) mass is 1130 g/mol. The van der Waals surface area contributed by atoms with Crippen molar-refractivity contribution in [2.24, 2.45) is 14.5 Å². The molecule has 0 aliphatic rings. The Morgan fingerprint density at radius 3 is 1.29 bits per heavy atom. The highest BCUT2D eigenvalue weighted by molar-refractivity contribution is 7.99. The van der Waals surface area contributed by atoms with E-state index in [1.54, 1.807) is 111 Å². The van der Waals surface area contributed by atoms with Crippen molar-refractivity contribution in [1.29, 1.82) is 25.8 Å². The van der Waals surface area contributed by atoms with Gasteiger partial charge in [-0.3, -0.25) is 9.19 Å². The van der Waals surface area contributed by atoms with Gasteiger partial charge in [-0.05, 0) is 108 Å². The van der Waals surface area contributed by atoms with Crippen LogP contribution in [-0.2, 0) is 56.0 Å². The van der Waals surface area contributed by atoms with E-state index >= 15 is 0 Å². The highest BCUT2D eigenvalue weighted by atomic mass is 32.2. The minimum Gasteiger partial charge on any atom is -0.442 e. The maximum Gasteiger partial charge on any atom is 0.442 e. The molecule has 4 atom stereocenters. The predicted molar refractivity (Wildman–Crippen MR) is 292 cm³/mol. The van der Waals surface area contributed by atoms with Crippen molar-refractivity contribution >= 4 is 63.9 Å². The lowest BCUT2D eigenvalue weighted by molar-refractivity contribution is 0.0595. The SMILES string of the molecule is CCS(=N)(=O)c1ccc(C#N)nc1.CCS(=O)(=NC(=O)OC(C)(C)C)c1ccc(C#N)nc1.CCS(=O)(=NC(=O)OC(C)(C)C)c1ccc(CN)nc1.CCS(=O)c1ccc(C#N)nc1.CCSc1ccc(C#N)nc1. The summed E-state index contributed by atoms with van der Waals surface area (Å²) in [6.07, 6.45) is 5.60. The van der Waals surface area contributed by atoms with Crippen molar-refractivity contribution in [3.8, 4) is 24.3 Å². The van der Waals surface area contributed by atoms with Crippen LogP contribution in [0.15, 0.2) is 125 Å². The third kappa shape index (κ3) is 24.5. The number of pyridine rings is 5. The molecular formula is C50H63N13O8S5. The third-order valence-electron chi connectivity index (χ3n) is 8.78.